The maximum atomic E-state index is 12.0. The number of rotatable bonds is 4. The van der Waals surface area contributed by atoms with Crippen LogP contribution in [0.25, 0.3) is 0 Å². The SMILES string of the molecule is O=C(N[C@@H](C(=O)O)c1ccccc1)c1cc[nH]c(=O)c1. The number of pyridine rings is 1. The van der Waals surface area contributed by atoms with Crippen molar-refractivity contribution in [1.29, 1.82) is 0 Å². The Morgan fingerprint density at radius 2 is 1.85 bits per heavy atom. The molecule has 6 heteroatoms. The average molecular weight is 272 g/mol. The Labute approximate surface area is 114 Å². The van der Waals surface area contributed by atoms with Gasteiger partial charge in [0.25, 0.3) is 5.91 Å². The predicted molar refractivity (Wildman–Crippen MR) is 71.3 cm³/mol. The quantitative estimate of drug-likeness (QED) is 0.771. The van der Waals surface area contributed by atoms with Gasteiger partial charge in [-0.2, -0.15) is 0 Å². The minimum absolute atomic E-state index is 0.107. The van der Waals surface area contributed by atoms with Gasteiger partial charge in [0.05, 0.1) is 0 Å². The molecule has 0 aliphatic rings. The van der Waals surface area contributed by atoms with Gasteiger partial charge in [0.15, 0.2) is 6.04 Å². The summed E-state index contributed by atoms with van der Waals surface area (Å²) >= 11 is 0. The number of benzene rings is 1. The molecule has 1 heterocycles. The third-order valence-corrected chi connectivity index (χ3v) is 2.69. The first kappa shape index (κ1) is 13.5. The molecular weight excluding hydrogens is 260 g/mol. The molecule has 0 unspecified atom stereocenters. The van der Waals surface area contributed by atoms with Crippen LogP contribution < -0.4 is 10.9 Å². The van der Waals surface area contributed by atoms with Gasteiger partial charge in [0.2, 0.25) is 5.56 Å². The van der Waals surface area contributed by atoms with E-state index in [9.17, 15) is 19.5 Å². The van der Waals surface area contributed by atoms with E-state index in [1.165, 1.54) is 12.3 Å². The van der Waals surface area contributed by atoms with Gasteiger partial charge >= 0.3 is 5.97 Å². The highest BCUT2D eigenvalue weighted by molar-refractivity contribution is 5.96. The molecular formula is C14H12N2O4. The van der Waals surface area contributed by atoms with E-state index < -0.39 is 23.5 Å². The summed E-state index contributed by atoms with van der Waals surface area (Å²) < 4.78 is 0. The average Bonchev–Trinajstić information content (AvgIpc) is 2.45. The second-order valence-electron chi connectivity index (χ2n) is 4.10. The van der Waals surface area contributed by atoms with Crippen LogP contribution in [0.2, 0.25) is 0 Å². The topological polar surface area (TPSA) is 99.3 Å². The molecule has 1 aromatic carbocycles. The van der Waals surface area contributed by atoms with Gasteiger partial charge in [0, 0.05) is 17.8 Å². The molecule has 1 amide bonds. The van der Waals surface area contributed by atoms with E-state index in [-0.39, 0.29) is 5.56 Å². The molecule has 6 nitrogen and oxygen atoms in total. The van der Waals surface area contributed by atoms with Crippen molar-refractivity contribution >= 4 is 11.9 Å². The van der Waals surface area contributed by atoms with Gasteiger partial charge in [-0.25, -0.2) is 4.79 Å². The Morgan fingerprint density at radius 3 is 2.45 bits per heavy atom. The zero-order valence-electron chi connectivity index (χ0n) is 10.4. The summed E-state index contributed by atoms with van der Waals surface area (Å²) in [6, 6.07) is 9.69. The summed E-state index contributed by atoms with van der Waals surface area (Å²) in [6.45, 7) is 0. The number of H-pyrrole nitrogens is 1. The standard InChI is InChI=1S/C14H12N2O4/c17-11-8-10(6-7-15-11)13(18)16-12(14(19)20)9-4-2-1-3-5-9/h1-8,12H,(H,15,17)(H,16,18)(H,19,20)/t12-/m1/s1. The van der Waals surface area contributed by atoms with Crippen LogP contribution in [0, 0.1) is 0 Å². The molecule has 102 valence electrons. The molecule has 2 aromatic rings. The van der Waals surface area contributed by atoms with Crippen molar-refractivity contribution in [2.24, 2.45) is 0 Å². The first-order chi connectivity index (χ1) is 9.58. The van der Waals surface area contributed by atoms with Crippen molar-refractivity contribution in [3.05, 3.63) is 70.1 Å². The van der Waals surface area contributed by atoms with Gasteiger partial charge in [-0.1, -0.05) is 30.3 Å². The Hall–Kier alpha value is -2.89. The molecule has 3 N–H and O–H groups in total. The number of hydrogen-bond donors (Lipinski definition) is 3. The highest BCUT2D eigenvalue weighted by atomic mass is 16.4. The van der Waals surface area contributed by atoms with Crippen LogP contribution in [0.5, 0.6) is 0 Å². The van der Waals surface area contributed by atoms with Crippen LogP contribution in [0.15, 0.2) is 53.5 Å². The van der Waals surface area contributed by atoms with Crippen LogP contribution >= 0.6 is 0 Å². The van der Waals surface area contributed by atoms with Crippen LogP contribution in [-0.4, -0.2) is 22.0 Å². The van der Waals surface area contributed by atoms with Crippen molar-refractivity contribution in [2.45, 2.75) is 6.04 Å². The zero-order valence-corrected chi connectivity index (χ0v) is 10.4. The third-order valence-electron chi connectivity index (χ3n) is 2.69. The number of hydrogen-bond acceptors (Lipinski definition) is 3. The Morgan fingerprint density at radius 1 is 1.15 bits per heavy atom. The van der Waals surface area contributed by atoms with Gasteiger partial charge in [0.1, 0.15) is 0 Å². The Kier molecular flexibility index (Phi) is 3.95. The number of carboxylic acids is 1. The fourth-order valence-corrected chi connectivity index (χ4v) is 1.73. The summed E-state index contributed by atoms with van der Waals surface area (Å²) in [6.07, 6.45) is 1.33. The van der Waals surface area contributed by atoms with E-state index in [0.29, 0.717) is 5.56 Å². The zero-order chi connectivity index (χ0) is 14.5. The smallest absolute Gasteiger partial charge is 0.330 e. The van der Waals surface area contributed by atoms with Crippen molar-refractivity contribution in [3.63, 3.8) is 0 Å². The summed E-state index contributed by atoms with van der Waals surface area (Å²) in [4.78, 5) is 36.7. The van der Waals surface area contributed by atoms with E-state index in [2.05, 4.69) is 10.3 Å². The minimum Gasteiger partial charge on any atom is -0.479 e. The lowest BCUT2D eigenvalue weighted by molar-refractivity contribution is -0.139. The summed E-state index contributed by atoms with van der Waals surface area (Å²) in [7, 11) is 0. The lowest BCUT2D eigenvalue weighted by Gasteiger charge is -2.14. The lowest BCUT2D eigenvalue weighted by atomic mass is 10.1. The molecule has 1 atom stereocenters. The van der Waals surface area contributed by atoms with Crippen LogP contribution in [0.1, 0.15) is 22.0 Å². The lowest BCUT2D eigenvalue weighted by Crippen LogP contribution is -2.34. The van der Waals surface area contributed by atoms with Crippen LogP contribution in [0.4, 0.5) is 0 Å². The fourth-order valence-electron chi connectivity index (χ4n) is 1.73. The number of carboxylic acid groups (broad SMARTS) is 1. The second-order valence-corrected chi connectivity index (χ2v) is 4.10. The molecule has 0 aliphatic heterocycles. The fraction of sp³-hybridized carbons (Fsp3) is 0.0714. The predicted octanol–water partition coefficient (Wildman–Crippen LogP) is 0.931. The Bertz CT molecular complexity index is 679. The van der Waals surface area contributed by atoms with Crippen molar-refractivity contribution < 1.29 is 14.7 Å². The van der Waals surface area contributed by atoms with E-state index in [0.717, 1.165) is 6.07 Å². The van der Waals surface area contributed by atoms with E-state index in [1.807, 2.05) is 0 Å². The van der Waals surface area contributed by atoms with E-state index >= 15 is 0 Å². The minimum atomic E-state index is -1.17. The van der Waals surface area contributed by atoms with E-state index in [4.69, 9.17) is 0 Å². The molecule has 0 saturated heterocycles. The molecule has 0 spiro atoms. The largest absolute Gasteiger partial charge is 0.479 e. The highest BCUT2D eigenvalue weighted by Crippen LogP contribution is 2.13. The Balaban J connectivity index is 2.23. The monoisotopic (exact) mass is 272 g/mol. The third kappa shape index (κ3) is 3.11. The van der Waals surface area contributed by atoms with Crippen molar-refractivity contribution in [2.75, 3.05) is 0 Å². The maximum absolute atomic E-state index is 12.0. The normalized spacial score (nSPS) is 11.6. The molecule has 0 bridgehead atoms. The molecule has 0 fully saturated rings. The number of nitrogens with one attached hydrogen (secondary N) is 2. The summed E-state index contributed by atoms with van der Waals surface area (Å²) in [5.41, 5.74) is 0.137. The van der Waals surface area contributed by atoms with Crippen molar-refractivity contribution in [1.82, 2.24) is 10.3 Å². The number of carbonyl (C=O) groups excluding carboxylic acids is 1. The van der Waals surface area contributed by atoms with E-state index in [1.54, 1.807) is 30.3 Å². The first-order valence-electron chi connectivity index (χ1n) is 5.85. The number of aromatic amines is 1. The number of amides is 1. The second kappa shape index (κ2) is 5.83. The summed E-state index contributed by atoms with van der Waals surface area (Å²) in [5.74, 6) is -1.79. The van der Waals surface area contributed by atoms with Gasteiger partial charge < -0.3 is 15.4 Å². The summed E-state index contributed by atoms with van der Waals surface area (Å²) in [5, 5.41) is 11.6. The molecule has 20 heavy (non-hydrogen) atoms. The highest BCUT2D eigenvalue weighted by Gasteiger charge is 2.22. The number of aliphatic carboxylic acids is 1. The number of aromatic nitrogens is 1. The van der Waals surface area contributed by atoms with Gasteiger partial charge in [-0.3, -0.25) is 9.59 Å². The maximum Gasteiger partial charge on any atom is 0.330 e. The van der Waals surface area contributed by atoms with Crippen LogP contribution in [0.3, 0.4) is 0 Å². The van der Waals surface area contributed by atoms with Gasteiger partial charge in [-0.05, 0) is 11.6 Å². The number of carbonyl (C=O) groups is 2. The van der Waals surface area contributed by atoms with Gasteiger partial charge in [-0.15, -0.1) is 0 Å². The van der Waals surface area contributed by atoms with Crippen LogP contribution in [-0.2, 0) is 4.79 Å². The molecule has 0 radical (unpaired) electrons. The van der Waals surface area contributed by atoms with Crippen molar-refractivity contribution in [3.8, 4) is 0 Å². The molecule has 1 aromatic heterocycles. The molecule has 2 rings (SSSR count). The molecule has 0 saturated carbocycles. The first-order valence-corrected chi connectivity index (χ1v) is 5.85. The molecule has 0 aliphatic carbocycles.